The lowest BCUT2D eigenvalue weighted by Gasteiger charge is -2.09. The van der Waals surface area contributed by atoms with E-state index < -0.39 is 23.7 Å². The quantitative estimate of drug-likeness (QED) is 0.298. The first-order valence-corrected chi connectivity index (χ1v) is 11.7. The van der Waals surface area contributed by atoms with Crippen LogP contribution in [0.2, 0.25) is 0 Å². The number of anilines is 1. The number of aromatic nitrogens is 2. The summed E-state index contributed by atoms with van der Waals surface area (Å²) in [4.78, 5) is 45.1. The first-order valence-electron chi connectivity index (χ1n) is 11.7. The molecule has 39 heavy (non-hydrogen) atoms. The lowest BCUT2D eigenvalue weighted by molar-refractivity contribution is 0.0944. The van der Waals surface area contributed by atoms with Gasteiger partial charge in [0.15, 0.2) is 0 Å². The highest BCUT2D eigenvalue weighted by Crippen LogP contribution is 2.15. The van der Waals surface area contributed by atoms with Gasteiger partial charge in [0, 0.05) is 24.8 Å². The SMILES string of the molecule is COc1cccc(CNC(=O)c2cc(C(=O)NCc3ccc(NC(=O)Oc4ccc(F)cc4)cc3)ncn2)c1. The number of methoxy groups -OCH3 is 1. The molecule has 0 aliphatic rings. The van der Waals surface area contributed by atoms with E-state index >= 15 is 0 Å². The second kappa shape index (κ2) is 12.8. The number of nitrogens with one attached hydrogen (secondary N) is 3. The zero-order valence-corrected chi connectivity index (χ0v) is 20.8. The van der Waals surface area contributed by atoms with E-state index in [-0.39, 0.29) is 30.2 Å². The number of benzene rings is 3. The molecule has 0 atom stereocenters. The smallest absolute Gasteiger partial charge is 0.417 e. The van der Waals surface area contributed by atoms with E-state index in [4.69, 9.17) is 9.47 Å². The second-order valence-corrected chi connectivity index (χ2v) is 8.17. The van der Waals surface area contributed by atoms with Gasteiger partial charge in [-0.1, -0.05) is 24.3 Å². The molecule has 0 saturated heterocycles. The van der Waals surface area contributed by atoms with Crippen LogP contribution in [0.4, 0.5) is 14.9 Å². The van der Waals surface area contributed by atoms with Crippen LogP contribution in [-0.2, 0) is 13.1 Å². The van der Waals surface area contributed by atoms with Gasteiger partial charge in [0.2, 0.25) is 0 Å². The van der Waals surface area contributed by atoms with Crippen molar-refractivity contribution in [1.29, 1.82) is 0 Å². The maximum atomic E-state index is 13.0. The molecule has 3 aromatic carbocycles. The molecule has 0 fully saturated rings. The summed E-state index contributed by atoms with van der Waals surface area (Å²) < 4.78 is 23.2. The molecule has 0 radical (unpaired) electrons. The third kappa shape index (κ3) is 7.83. The Labute approximate surface area is 223 Å². The molecule has 3 amide bonds. The van der Waals surface area contributed by atoms with Crippen LogP contribution in [0.15, 0.2) is 85.2 Å². The number of amides is 3. The van der Waals surface area contributed by atoms with E-state index in [0.29, 0.717) is 11.4 Å². The van der Waals surface area contributed by atoms with Gasteiger partial charge in [-0.3, -0.25) is 14.9 Å². The summed E-state index contributed by atoms with van der Waals surface area (Å²) >= 11 is 0. The van der Waals surface area contributed by atoms with Crippen LogP contribution < -0.4 is 25.4 Å². The predicted octanol–water partition coefficient (Wildman–Crippen LogP) is 4.10. The molecule has 1 aromatic heterocycles. The molecule has 0 bridgehead atoms. The number of hydrogen-bond donors (Lipinski definition) is 3. The van der Waals surface area contributed by atoms with Gasteiger partial charge in [-0.15, -0.1) is 0 Å². The molecule has 4 aromatic rings. The van der Waals surface area contributed by atoms with E-state index in [2.05, 4.69) is 25.9 Å². The fraction of sp³-hybridized carbons (Fsp3) is 0.107. The van der Waals surface area contributed by atoms with Crippen molar-refractivity contribution in [3.8, 4) is 11.5 Å². The first kappa shape index (κ1) is 26.7. The third-order valence-corrected chi connectivity index (χ3v) is 5.40. The lowest BCUT2D eigenvalue weighted by atomic mass is 10.2. The van der Waals surface area contributed by atoms with Crippen LogP contribution >= 0.6 is 0 Å². The van der Waals surface area contributed by atoms with Crippen molar-refractivity contribution in [1.82, 2.24) is 20.6 Å². The fourth-order valence-corrected chi connectivity index (χ4v) is 3.39. The van der Waals surface area contributed by atoms with E-state index in [1.165, 1.54) is 30.3 Å². The first-order chi connectivity index (χ1) is 18.9. The standard InChI is InChI=1S/C28H24FN5O5/c1-38-23-4-2-3-19(13-23)16-31-27(36)25-14-24(32-17-33-25)26(35)30-15-18-5-9-21(10-6-18)34-28(37)39-22-11-7-20(29)8-12-22/h2-14,17H,15-16H2,1H3,(H,30,35)(H,31,36)(H,34,37). The number of ether oxygens (including phenoxy) is 2. The number of carbonyl (C=O) groups excluding carboxylic acids is 3. The summed E-state index contributed by atoms with van der Waals surface area (Å²) in [5.41, 5.74) is 2.17. The summed E-state index contributed by atoms with van der Waals surface area (Å²) in [6.07, 6.45) is 0.427. The minimum absolute atomic E-state index is 0.0401. The molecule has 0 unspecified atom stereocenters. The largest absolute Gasteiger partial charge is 0.497 e. The van der Waals surface area contributed by atoms with Gasteiger partial charge in [-0.2, -0.15) is 0 Å². The summed E-state index contributed by atoms with van der Waals surface area (Å²) in [5, 5.41) is 8.05. The topological polar surface area (TPSA) is 132 Å². The van der Waals surface area contributed by atoms with Gasteiger partial charge >= 0.3 is 6.09 Å². The van der Waals surface area contributed by atoms with Crippen molar-refractivity contribution in [3.05, 3.63) is 114 Å². The molecule has 0 aliphatic heterocycles. The number of halogens is 1. The monoisotopic (exact) mass is 529 g/mol. The van der Waals surface area contributed by atoms with Crippen LogP contribution in [0, 0.1) is 5.82 Å². The van der Waals surface area contributed by atoms with Crippen molar-refractivity contribution in [2.45, 2.75) is 13.1 Å². The Hall–Kier alpha value is -5.32. The molecule has 4 rings (SSSR count). The van der Waals surface area contributed by atoms with Gasteiger partial charge in [0.1, 0.15) is 35.0 Å². The summed E-state index contributed by atoms with van der Waals surface area (Å²) in [6.45, 7) is 0.441. The van der Waals surface area contributed by atoms with Crippen LogP contribution in [-0.4, -0.2) is 35.0 Å². The van der Waals surface area contributed by atoms with Gasteiger partial charge in [-0.05, 0) is 59.7 Å². The van der Waals surface area contributed by atoms with Crippen molar-refractivity contribution in [3.63, 3.8) is 0 Å². The number of hydrogen-bond acceptors (Lipinski definition) is 7. The lowest BCUT2D eigenvalue weighted by Crippen LogP contribution is -2.27. The van der Waals surface area contributed by atoms with Gasteiger partial charge in [0.25, 0.3) is 11.8 Å². The number of carbonyl (C=O) groups is 3. The minimum Gasteiger partial charge on any atom is -0.497 e. The van der Waals surface area contributed by atoms with Crippen LogP contribution in [0.3, 0.4) is 0 Å². The van der Waals surface area contributed by atoms with E-state index in [1.807, 2.05) is 12.1 Å². The molecular formula is C28H24FN5O5. The van der Waals surface area contributed by atoms with Crippen LogP contribution in [0.5, 0.6) is 11.5 Å². The molecule has 11 heteroatoms. The highest BCUT2D eigenvalue weighted by atomic mass is 19.1. The van der Waals surface area contributed by atoms with Crippen molar-refractivity contribution in [2.24, 2.45) is 0 Å². The number of rotatable bonds is 9. The summed E-state index contributed by atoms with van der Waals surface area (Å²) in [6, 6.07) is 20.4. The number of nitrogens with zero attached hydrogens (tertiary/aromatic N) is 2. The molecule has 0 saturated carbocycles. The Bertz CT molecular complexity index is 1460. The Morgan fingerprint density at radius 1 is 0.769 bits per heavy atom. The van der Waals surface area contributed by atoms with Crippen LogP contribution in [0.1, 0.15) is 32.1 Å². The van der Waals surface area contributed by atoms with Gasteiger partial charge in [-0.25, -0.2) is 19.2 Å². The van der Waals surface area contributed by atoms with Crippen molar-refractivity contribution >= 4 is 23.6 Å². The zero-order valence-electron chi connectivity index (χ0n) is 20.8. The maximum absolute atomic E-state index is 13.0. The summed E-state index contributed by atoms with van der Waals surface area (Å²) in [5.74, 6) is -0.482. The minimum atomic E-state index is -0.727. The Kier molecular flexibility index (Phi) is 8.75. The van der Waals surface area contributed by atoms with E-state index in [0.717, 1.165) is 17.5 Å². The van der Waals surface area contributed by atoms with Crippen molar-refractivity contribution < 1.29 is 28.2 Å². The van der Waals surface area contributed by atoms with E-state index in [1.54, 1.807) is 43.5 Å². The zero-order chi connectivity index (χ0) is 27.6. The maximum Gasteiger partial charge on any atom is 0.417 e. The van der Waals surface area contributed by atoms with Crippen LogP contribution in [0.25, 0.3) is 0 Å². The molecule has 198 valence electrons. The average molecular weight is 530 g/mol. The molecule has 10 nitrogen and oxygen atoms in total. The Balaban J connectivity index is 1.26. The molecule has 3 N–H and O–H groups in total. The Morgan fingerprint density at radius 2 is 1.41 bits per heavy atom. The second-order valence-electron chi connectivity index (χ2n) is 8.17. The third-order valence-electron chi connectivity index (χ3n) is 5.40. The highest BCUT2D eigenvalue weighted by Gasteiger charge is 2.13. The molecule has 0 aliphatic carbocycles. The van der Waals surface area contributed by atoms with Gasteiger partial charge in [0.05, 0.1) is 7.11 Å². The van der Waals surface area contributed by atoms with Crippen molar-refractivity contribution in [2.75, 3.05) is 12.4 Å². The molecule has 1 heterocycles. The highest BCUT2D eigenvalue weighted by molar-refractivity contribution is 5.97. The predicted molar refractivity (Wildman–Crippen MR) is 140 cm³/mol. The summed E-state index contributed by atoms with van der Waals surface area (Å²) in [7, 11) is 1.56. The average Bonchev–Trinajstić information content (AvgIpc) is 2.96. The molecular weight excluding hydrogens is 505 g/mol. The Morgan fingerprint density at radius 3 is 2.05 bits per heavy atom. The normalized spacial score (nSPS) is 10.3. The van der Waals surface area contributed by atoms with E-state index in [9.17, 15) is 18.8 Å². The molecule has 0 spiro atoms. The van der Waals surface area contributed by atoms with Gasteiger partial charge < -0.3 is 20.1 Å². The fourth-order valence-electron chi connectivity index (χ4n) is 3.39.